The molecule has 1 amide bonds. The molecule has 1 aromatic heterocycles. The first-order chi connectivity index (χ1) is 14.2. The molecule has 1 unspecified atom stereocenters. The van der Waals surface area contributed by atoms with Gasteiger partial charge in [0.25, 0.3) is 0 Å². The summed E-state index contributed by atoms with van der Waals surface area (Å²) in [7, 11) is -3.96. The Balaban J connectivity index is 1.48. The quantitative estimate of drug-likeness (QED) is 0.750. The SMILES string of the molecule is CC(C)C(=O)NCc1nnn2c1COC1(CCN(S(=O)(=O)c3ccccc3F)C1)C2. The van der Waals surface area contributed by atoms with Crippen LogP contribution in [0.2, 0.25) is 0 Å². The molecule has 1 spiro atoms. The van der Waals surface area contributed by atoms with Crippen LogP contribution >= 0.6 is 0 Å². The molecule has 1 aromatic carbocycles. The molecule has 3 heterocycles. The van der Waals surface area contributed by atoms with E-state index in [2.05, 4.69) is 15.6 Å². The van der Waals surface area contributed by atoms with Gasteiger partial charge in [-0.15, -0.1) is 5.10 Å². The van der Waals surface area contributed by atoms with Gasteiger partial charge in [-0.05, 0) is 18.6 Å². The van der Waals surface area contributed by atoms with Crippen molar-refractivity contribution >= 4 is 15.9 Å². The fourth-order valence-electron chi connectivity index (χ4n) is 3.76. The number of fused-ring (bicyclic) bond motifs is 1. The maximum atomic E-state index is 14.1. The van der Waals surface area contributed by atoms with Crippen molar-refractivity contribution in [2.24, 2.45) is 5.92 Å². The smallest absolute Gasteiger partial charge is 0.246 e. The summed E-state index contributed by atoms with van der Waals surface area (Å²) in [6.45, 7) is 4.79. The molecule has 162 valence electrons. The highest BCUT2D eigenvalue weighted by atomic mass is 32.2. The Morgan fingerprint density at radius 2 is 2.10 bits per heavy atom. The third-order valence-electron chi connectivity index (χ3n) is 5.56. The van der Waals surface area contributed by atoms with Crippen LogP contribution in [0.5, 0.6) is 0 Å². The number of benzene rings is 1. The number of nitrogens with zero attached hydrogens (tertiary/aromatic N) is 4. The van der Waals surface area contributed by atoms with Crippen LogP contribution in [0.1, 0.15) is 31.7 Å². The second-order valence-corrected chi connectivity index (χ2v) is 9.91. The van der Waals surface area contributed by atoms with E-state index in [-0.39, 0.29) is 43.0 Å². The minimum atomic E-state index is -3.96. The lowest BCUT2D eigenvalue weighted by atomic mass is 10.0. The van der Waals surface area contributed by atoms with Gasteiger partial charge in [-0.25, -0.2) is 17.5 Å². The molecule has 30 heavy (non-hydrogen) atoms. The van der Waals surface area contributed by atoms with E-state index in [1.165, 1.54) is 22.5 Å². The number of halogens is 1. The third kappa shape index (κ3) is 3.72. The summed E-state index contributed by atoms with van der Waals surface area (Å²) < 4.78 is 48.9. The van der Waals surface area contributed by atoms with E-state index in [1.807, 2.05) is 13.8 Å². The standard InChI is InChI=1S/C19H24FN5O4S/c1-13(2)18(26)21-9-15-16-10-29-19(12-25(16)23-22-15)7-8-24(11-19)30(27,28)17-6-4-3-5-14(17)20/h3-6,13H,7-12H2,1-2H3,(H,21,26). The van der Waals surface area contributed by atoms with E-state index in [9.17, 15) is 17.6 Å². The second kappa shape index (κ2) is 7.71. The van der Waals surface area contributed by atoms with Crippen LogP contribution in [-0.4, -0.2) is 52.3 Å². The molecule has 1 N–H and O–H groups in total. The highest BCUT2D eigenvalue weighted by Gasteiger charge is 2.47. The Labute approximate surface area is 174 Å². The predicted octanol–water partition coefficient (Wildman–Crippen LogP) is 1.05. The summed E-state index contributed by atoms with van der Waals surface area (Å²) >= 11 is 0. The maximum absolute atomic E-state index is 14.1. The van der Waals surface area contributed by atoms with Crippen LogP contribution in [0.15, 0.2) is 29.2 Å². The first kappa shape index (κ1) is 20.9. The van der Waals surface area contributed by atoms with Crippen molar-refractivity contribution in [3.63, 3.8) is 0 Å². The Hall–Kier alpha value is -2.37. The van der Waals surface area contributed by atoms with Crippen LogP contribution < -0.4 is 5.32 Å². The summed E-state index contributed by atoms with van der Waals surface area (Å²) in [5.41, 5.74) is 0.657. The average Bonchev–Trinajstić information content (AvgIpc) is 3.31. The normalized spacial score (nSPS) is 21.9. The molecule has 11 heteroatoms. The number of rotatable bonds is 5. The van der Waals surface area contributed by atoms with Crippen molar-refractivity contribution in [2.45, 2.75) is 50.5 Å². The lowest BCUT2D eigenvalue weighted by Crippen LogP contribution is -2.45. The highest BCUT2D eigenvalue weighted by Crippen LogP contribution is 2.35. The average molecular weight is 437 g/mol. The van der Waals surface area contributed by atoms with Gasteiger partial charge in [0.15, 0.2) is 0 Å². The summed E-state index contributed by atoms with van der Waals surface area (Å²) in [5, 5.41) is 11.1. The molecule has 2 aliphatic rings. The van der Waals surface area contributed by atoms with Crippen LogP contribution in [0.25, 0.3) is 0 Å². The summed E-state index contributed by atoms with van der Waals surface area (Å²) in [4.78, 5) is 11.5. The molecule has 4 rings (SSSR count). The molecule has 0 radical (unpaired) electrons. The van der Waals surface area contributed by atoms with Crippen molar-refractivity contribution < 1.29 is 22.3 Å². The van der Waals surface area contributed by atoms with Crippen molar-refractivity contribution in [3.8, 4) is 0 Å². The van der Waals surface area contributed by atoms with E-state index in [0.29, 0.717) is 18.7 Å². The first-order valence-corrected chi connectivity index (χ1v) is 11.2. The first-order valence-electron chi connectivity index (χ1n) is 9.79. The molecule has 0 saturated carbocycles. The van der Waals surface area contributed by atoms with Gasteiger partial charge in [-0.3, -0.25) is 4.79 Å². The number of carbonyl (C=O) groups excluding carboxylic acids is 1. The summed E-state index contributed by atoms with van der Waals surface area (Å²) in [5.74, 6) is -0.971. The zero-order chi connectivity index (χ0) is 21.5. The minimum Gasteiger partial charge on any atom is -0.365 e. The van der Waals surface area contributed by atoms with Gasteiger partial charge < -0.3 is 10.1 Å². The van der Waals surface area contributed by atoms with Gasteiger partial charge in [-0.2, -0.15) is 4.31 Å². The Morgan fingerprint density at radius 1 is 1.33 bits per heavy atom. The van der Waals surface area contributed by atoms with Gasteiger partial charge in [0, 0.05) is 19.0 Å². The Kier molecular flexibility index (Phi) is 5.37. The number of hydrogen-bond acceptors (Lipinski definition) is 6. The topological polar surface area (TPSA) is 106 Å². The van der Waals surface area contributed by atoms with Crippen LogP contribution in [0.3, 0.4) is 0 Å². The molecule has 0 bridgehead atoms. The zero-order valence-electron chi connectivity index (χ0n) is 16.8. The van der Waals surface area contributed by atoms with Gasteiger partial charge in [-0.1, -0.05) is 31.2 Å². The highest BCUT2D eigenvalue weighted by molar-refractivity contribution is 7.89. The second-order valence-electron chi connectivity index (χ2n) is 8.00. The third-order valence-corrected chi connectivity index (χ3v) is 7.44. The Bertz CT molecular complexity index is 1070. The number of carbonyl (C=O) groups is 1. The van der Waals surface area contributed by atoms with Gasteiger partial charge >= 0.3 is 0 Å². The lowest BCUT2D eigenvalue weighted by molar-refractivity contribution is -0.124. The molecule has 9 nitrogen and oxygen atoms in total. The molecule has 1 atom stereocenters. The van der Waals surface area contributed by atoms with Crippen molar-refractivity contribution in [1.29, 1.82) is 0 Å². The van der Waals surface area contributed by atoms with Gasteiger partial charge in [0.2, 0.25) is 15.9 Å². The van der Waals surface area contributed by atoms with Gasteiger partial charge in [0.05, 0.1) is 25.4 Å². The van der Waals surface area contributed by atoms with E-state index in [4.69, 9.17) is 4.74 Å². The van der Waals surface area contributed by atoms with Crippen LogP contribution in [0.4, 0.5) is 4.39 Å². The van der Waals surface area contributed by atoms with Crippen molar-refractivity contribution in [3.05, 3.63) is 41.5 Å². The number of ether oxygens (including phenoxy) is 1. The Morgan fingerprint density at radius 3 is 2.83 bits per heavy atom. The summed E-state index contributed by atoms with van der Waals surface area (Å²) in [6, 6.07) is 5.36. The molecule has 0 aliphatic carbocycles. The van der Waals surface area contributed by atoms with E-state index in [1.54, 1.807) is 4.68 Å². The molecule has 2 aromatic rings. The molecule has 2 aliphatic heterocycles. The molecule has 1 fully saturated rings. The van der Waals surface area contributed by atoms with Crippen LogP contribution in [-0.2, 0) is 39.3 Å². The number of nitrogens with one attached hydrogen (secondary N) is 1. The van der Waals surface area contributed by atoms with E-state index < -0.39 is 21.4 Å². The largest absolute Gasteiger partial charge is 0.365 e. The predicted molar refractivity (Wildman–Crippen MR) is 104 cm³/mol. The van der Waals surface area contributed by atoms with Gasteiger partial charge in [0.1, 0.15) is 22.0 Å². The number of sulfonamides is 1. The van der Waals surface area contributed by atoms with E-state index in [0.717, 1.165) is 11.8 Å². The maximum Gasteiger partial charge on any atom is 0.246 e. The van der Waals surface area contributed by atoms with Crippen LogP contribution in [0, 0.1) is 11.7 Å². The fourth-order valence-corrected chi connectivity index (χ4v) is 5.34. The van der Waals surface area contributed by atoms with Crippen molar-refractivity contribution in [1.82, 2.24) is 24.6 Å². The lowest BCUT2D eigenvalue weighted by Gasteiger charge is -2.34. The zero-order valence-corrected chi connectivity index (χ0v) is 17.7. The number of aromatic nitrogens is 3. The monoisotopic (exact) mass is 437 g/mol. The van der Waals surface area contributed by atoms with E-state index >= 15 is 0 Å². The minimum absolute atomic E-state index is 0.0743. The summed E-state index contributed by atoms with van der Waals surface area (Å²) in [6.07, 6.45) is 0.472. The number of hydrogen-bond donors (Lipinski definition) is 1. The number of amides is 1. The fraction of sp³-hybridized carbons (Fsp3) is 0.526. The molecule has 1 saturated heterocycles. The molecular formula is C19H24FN5O4S. The molecular weight excluding hydrogens is 413 g/mol. The van der Waals surface area contributed by atoms with Crippen molar-refractivity contribution in [2.75, 3.05) is 13.1 Å².